The van der Waals surface area contributed by atoms with Gasteiger partial charge >= 0.3 is 0 Å². The van der Waals surface area contributed by atoms with Crippen molar-refractivity contribution in [1.82, 2.24) is 0 Å². The Morgan fingerprint density at radius 3 is 2.00 bits per heavy atom. The highest BCUT2D eigenvalue weighted by molar-refractivity contribution is 6.32. The first-order valence-corrected chi connectivity index (χ1v) is 11.7. The van der Waals surface area contributed by atoms with Crippen molar-refractivity contribution in [3.63, 3.8) is 0 Å². The fourth-order valence-corrected chi connectivity index (χ4v) is 5.49. The van der Waals surface area contributed by atoms with E-state index in [2.05, 4.69) is 6.92 Å². The van der Waals surface area contributed by atoms with Crippen molar-refractivity contribution in [3.8, 4) is 11.5 Å². The molecule has 0 amide bonds. The van der Waals surface area contributed by atoms with Crippen LogP contribution in [0.25, 0.3) is 0 Å². The summed E-state index contributed by atoms with van der Waals surface area (Å²) in [5.74, 6) is 3.46. The predicted molar refractivity (Wildman–Crippen MR) is 114 cm³/mol. The maximum absolute atomic E-state index is 14.4. The van der Waals surface area contributed by atoms with Crippen LogP contribution in [0.15, 0.2) is 12.1 Å². The first-order chi connectivity index (χ1) is 13.6. The average Bonchev–Trinajstić information content (AvgIpc) is 2.72. The Kier molecular flexibility index (Phi) is 8.32. The Labute approximate surface area is 175 Å². The molecule has 0 atom stereocenters. The van der Waals surface area contributed by atoms with Gasteiger partial charge < -0.3 is 9.47 Å². The summed E-state index contributed by atoms with van der Waals surface area (Å²) >= 11 is 6.05. The van der Waals surface area contributed by atoms with Crippen LogP contribution in [0.3, 0.4) is 0 Å². The van der Waals surface area contributed by atoms with Crippen LogP contribution in [0.4, 0.5) is 4.39 Å². The molecule has 28 heavy (non-hydrogen) atoms. The highest BCUT2D eigenvalue weighted by atomic mass is 35.5. The molecule has 1 aromatic rings. The minimum atomic E-state index is -0.509. The van der Waals surface area contributed by atoms with Crippen LogP contribution in [0.5, 0.6) is 11.5 Å². The van der Waals surface area contributed by atoms with E-state index in [1.807, 2.05) is 6.92 Å². The van der Waals surface area contributed by atoms with Gasteiger partial charge in [-0.05, 0) is 81.3 Å². The van der Waals surface area contributed by atoms with E-state index in [0.717, 1.165) is 17.8 Å². The summed E-state index contributed by atoms with van der Waals surface area (Å²) in [6.45, 7) is 5.20. The summed E-state index contributed by atoms with van der Waals surface area (Å²) in [6, 6.07) is 3.32. The zero-order valence-corrected chi connectivity index (χ0v) is 18.3. The SMILES string of the molecule is CCCC1CCC(C2CCC(COc3ccc(OCC)c(Cl)c3F)CC2)CC1. The first kappa shape index (κ1) is 21.7. The Hall–Kier alpha value is -0.960. The fraction of sp³-hybridized carbons (Fsp3) is 0.750. The van der Waals surface area contributed by atoms with Gasteiger partial charge in [-0.1, -0.05) is 44.2 Å². The Morgan fingerprint density at radius 1 is 0.857 bits per heavy atom. The normalized spacial score (nSPS) is 28.1. The highest BCUT2D eigenvalue weighted by Gasteiger charge is 2.31. The molecule has 0 radical (unpaired) electrons. The van der Waals surface area contributed by atoms with Crippen molar-refractivity contribution >= 4 is 11.6 Å². The van der Waals surface area contributed by atoms with Gasteiger partial charge in [0.25, 0.3) is 0 Å². The van der Waals surface area contributed by atoms with Crippen molar-refractivity contribution in [2.45, 2.75) is 78.1 Å². The molecule has 0 unspecified atom stereocenters. The lowest BCUT2D eigenvalue weighted by molar-refractivity contribution is 0.120. The molecule has 0 saturated heterocycles. The zero-order valence-electron chi connectivity index (χ0n) is 17.5. The first-order valence-electron chi connectivity index (χ1n) is 11.4. The second-order valence-corrected chi connectivity index (χ2v) is 9.16. The molecule has 2 nitrogen and oxygen atoms in total. The van der Waals surface area contributed by atoms with E-state index >= 15 is 0 Å². The smallest absolute Gasteiger partial charge is 0.187 e. The lowest BCUT2D eigenvalue weighted by atomic mass is 9.69. The molecule has 2 fully saturated rings. The lowest BCUT2D eigenvalue weighted by Gasteiger charge is -2.37. The molecule has 0 aromatic heterocycles. The van der Waals surface area contributed by atoms with Gasteiger partial charge in [0, 0.05) is 0 Å². The fourth-order valence-electron chi connectivity index (χ4n) is 5.28. The third-order valence-electron chi connectivity index (χ3n) is 6.93. The maximum atomic E-state index is 14.4. The minimum absolute atomic E-state index is 0.0155. The van der Waals surface area contributed by atoms with Crippen LogP contribution in [-0.2, 0) is 0 Å². The molecule has 3 rings (SSSR count). The topological polar surface area (TPSA) is 18.5 Å². The van der Waals surface area contributed by atoms with Gasteiger partial charge in [-0.3, -0.25) is 0 Å². The lowest BCUT2D eigenvalue weighted by Crippen LogP contribution is -2.27. The molecule has 0 spiro atoms. The molecule has 2 saturated carbocycles. The molecule has 0 bridgehead atoms. The standard InChI is InChI=1S/C24H36ClFO2/c1-3-5-17-6-10-19(11-7-17)20-12-8-18(9-13-20)16-28-22-15-14-21(27-4-2)23(25)24(22)26/h14-15,17-20H,3-13,16H2,1-2H3. The van der Waals surface area contributed by atoms with Crippen molar-refractivity contribution in [2.24, 2.45) is 23.7 Å². The second kappa shape index (κ2) is 10.7. The minimum Gasteiger partial charge on any atom is -0.492 e. The maximum Gasteiger partial charge on any atom is 0.187 e. The van der Waals surface area contributed by atoms with Crippen LogP contribution >= 0.6 is 11.6 Å². The van der Waals surface area contributed by atoms with Crippen LogP contribution in [0, 0.1) is 29.5 Å². The van der Waals surface area contributed by atoms with Crippen LogP contribution in [0.1, 0.15) is 78.1 Å². The number of benzene rings is 1. The average molecular weight is 411 g/mol. The van der Waals surface area contributed by atoms with Gasteiger partial charge in [-0.15, -0.1) is 0 Å². The molecule has 0 heterocycles. The molecule has 0 N–H and O–H groups in total. The summed E-state index contributed by atoms with van der Waals surface area (Å²) in [5, 5.41) is 0.0155. The van der Waals surface area contributed by atoms with Gasteiger partial charge in [-0.25, -0.2) is 4.39 Å². The summed E-state index contributed by atoms with van der Waals surface area (Å²) in [6.07, 6.45) is 13.5. The van der Waals surface area contributed by atoms with Crippen LogP contribution in [0.2, 0.25) is 5.02 Å². The number of ether oxygens (including phenoxy) is 2. The molecule has 2 aliphatic carbocycles. The highest BCUT2D eigenvalue weighted by Crippen LogP contribution is 2.42. The van der Waals surface area contributed by atoms with Crippen molar-refractivity contribution in [1.29, 1.82) is 0 Å². The summed E-state index contributed by atoms with van der Waals surface area (Å²) < 4.78 is 25.5. The van der Waals surface area contributed by atoms with E-state index in [-0.39, 0.29) is 10.8 Å². The van der Waals surface area contributed by atoms with Gasteiger partial charge in [0.2, 0.25) is 0 Å². The third-order valence-corrected chi connectivity index (χ3v) is 7.28. The van der Waals surface area contributed by atoms with E-state index in [1.165, 1.54) is 64.2 Å². The Morgan fingerprint density at radius 2 is 1.43 bits per heavy atom. The van der Waals surface area contributed by atoms with Crippen molar-refractivity contribution in [2.75, 3.05) is 13.2 Å². The van der Waals surface area contributed by atoms with E-state index in [1.54, 1.807) is 12.1 Å². The van der Waals surface area contributed by atoms with Crippen LogP contribution < -0.4 is 9.47 Å². The third kappa shape index (κ3) is 5.55. The van der Waals surface area contributed by atoms with Gasteiger partial charge in [0.15, 0.2) is 11.6 Å². The molecular formula is C24H36ClFO2. The Balaban J connectivity index is 1.42. The number of hydrogen-bond donors (Lipinski definition) is 0. The number of rotatable bonds is 8. The second-order valence-electron chi connectivity index (χ2n) is 8.78. The van der Waals surface area contributed by atoms with Gasteiger partial charge in [0.1, 0.15) is 10.8 Å². The summed E-state index contributed by atoms with van der Waals surface area (Å²) in [4.78, 5) is 0. The molecule has 2 aliphatic rings. The monoisotopic (exact) mass is 410 g/mol. The van der Waals surface area contributed by atoms with Crippen molar-refractivity contribution < 1.29 is 13.9 Å². The number of hydrogen-bond acceptors (Lipinski definition) is 2. The predicted octanol–water partition coefficient (Wildman–Crippen LogP) is 7.67. The number of halogens is 2. The molecular weight excluding hydrogens is 375 g/mol. The largest absolute Gasteiger partial charge is 0.492 e. The molecule has 158 valence electrons. The van der Waals surface area contributed by atoms with E-state index in [4.69, 9.17) is 21.1 Å². The van der Waals surface area contributed by atoms with Crippen molar-refractivity contribution in [3.05, 3.63) is 23.0 Å². The summed E-state index contributed by atoms with van der Waals surface area (Å²) in [5.41, 5.74) is 0. The summed E-state index contributed by atoms with van der Waals surface area (Å²) in [7, 11) is 0. The zero-order chi connectivity index (χ0) is 19.9. The van der Waals surface area contributed by atoms with E-state index in [9.17, 15) is 4.39 Å². The van der Waals surface area contributed by atoms with E-state index in [0.29, 0.717) is 24.9 Å². The molecule has 4 heteroatoms. The van der Waals surface area contributed by atoms with E-state index < -0.39 is 5.82 Å². The molecule has 0 aliphatic heterocycles. The molecule has 1 aromatic carbocycles. The van der Waals surface area contributed by atoms with Gasteiger partial charge in [-0.2, -0.15) is 0 Å². The quantitative estimate of drug-likeness (QED) is 0.437. The Bertz CT molecular complexity index is 605. The van der Waals surface area contributed by atoms with Gasteiger partial charge in [0.05, 0.1) is 13.2 Å². The van der Waals surface area contributed by atoms with Crippen LogP contribution in [-0.4, -0.2) is 13.2 Å².